The molecule has 136 valence electrons. The van der Waals surface area contributed by atoms with Gasteiger partial charge in [-0.05, 0) is 37.3 Å². The van der Waals surface area contributed by atoms with E-state index in [0.717, 1.165) is 5.75 Å². The molecule has 0 radical (unpaired) electrons. The zero-order valence-corrected chi connectivity index (χ0v) is 16.5. The first-order chi connectivity index (χ1) is 13.3. The Morgan fingerprint density at radius 1 is 0.852 bits per heavy atom. The number of hydrogen-bond acceptors (Lipinski definition) is 2. The molecular formula is C24H23O2P. The highest BCUT2D eigenvalue weighted by Crippen LogP contribution is 2.58. The summed E-state index contributed by atoms with van der Waals surface area (Å²) in [5, 5.41) is 2.61. The number of allylic oxidation sites excluding steroid dienone is 1. The highest BCUT2D eigenvalue weighted by atomic mass is 31.1. The number of hydrogen-bond donors (Lipinski definition) is 0. The van der Waals surface area contributed by atoms with E-state index in [9.17, 15) is 0 Å². The molecule has 1 aliphatic carbocycles. The van der Waals surface area contributed by atoms with Crippen LogP contribution in [0.5, 0.6) is 5.75 Å². The van der Waals surface area contributed by atoms with Crippen molar-refractivity contribution >= 4 is 24.6 Å². The topological polar surface area (TPSA) is 18.5 Å². The average Bonchev–Trinajstić information content (AvgIpc) is 3.04. The molecular weight excluding hydrogens is 351 g/mol. The highest BCUT2D eigenvalue weighted by molar-refractivity contribution is 7.73. The molecule has 0 N–H and O–H groups in total. The second kappa shape index (κ2) is 8.08. The Kier molecular flexibility index (Phi) is 5.38. The van der Waals surface area contributed by atoms with Crippen molar-refractivity contribution in [3.8, 4) is 5.75 Å². The largest absolute Gasteiger partial charge is 0.467 e. The van der Waals surface area contributed by atoms with E-state index >= 15 is 0 Å². The van der Waals surface area contributed by atoms with Crippen LogP contribution in [0.4, 0.5) is 0 Å². The Bertz CT molecular complexity index is 949. The van der Waals surface area contributed by atoms with Crippen LogP contribution >= 0.6 is 7.92 Å². The lowest BCUT2D eigenvalue weighted by atomic mass is 10.1. The van der Waals surface area contributed by atoms with Gasteiger partial charge in [0.15, 0.2) is 6.79 Å². The summed E-state index contributed by atoms with van der Waals surface area (Å²) >= 11 is 0. The quantitative estimate of drug-likeness (QED) is 0.433. The van der Waals surface area contributed by atoms with Crippen LogP contribution in [0.3, 0.4) is 0 Å². The third kappa shape index (κ3) is 3.56. The number of methoxy groups -OCH3 is 1. The highest BCUT2D eigenvalue weighted by Gasteiger charge is 2.33. The first-order valence-corrected chi connectivity index (χ1v) is 10.5. The van der Waals surface area contributed by atoms with Crippen molar-refractivity contribution in [2.45, 2.75) is 12.6 Å². The van der Waals surface area contributed by atoms with Crippen LogP contribution in [0.2, 0.25) is 0 Å². The van der Waals surface area contributed by atoms with E-state index in [1.54, 1.807) is 7.11 Å². The van der Waals surface area contributed by atoms with Gasteiger partial charge in [0.2, 0.25) is 0 Å². The third-order valence-corrected chi connectivity index (χ3v) is 7.80. The number of ether oxygens (including phenoxy) is 2. The van der Waals surface area contributed by atoms with Crippen molar-refractivity contribution in [1.29, 1.82) is 0 Å². The van der Waals surface area contributed by atoms with Crippen molar-refractivity contribution in [3.63, 3.8) is 0 Å². The summed E-state index contributed by atoms with van der Waals surface area (Å²) in [6, 6.07) is 27.9. The minimum Gasteiger partial charge on any atom is -0.467 e. The first-order valence-electron chi connectivity index (χ1n) is 9.12. The molecule has 4 rings (SSSR count). The van der Waals surface area contributed by atoms with Gasteiger partial charge in [-0.1, -0.05) is 84.4 Å². The second-order valence-corrected chi connectivity index (χ2v) is 8.90. The predicted molar refractivity (Wildman–Crippen MR) is 114 cm³/mol. The van der Waals surface area contributed by atoms with Crippen LogP contribution < -0.4 is 15.3 Å². The van der Waals surface area contributed by atoms with E-state index in [2.05, 4.69) is 79.7 Å². The Hall–Kier alpha value is -2.41. The zero-order valence-electron chi connectivity index (χ0n) is 15.6. The lowest BCUT2D eigenvalue weighted by Gasteiger charge is -2.29. The summed E-state index contributed by atoms with van der Waals surface area (Å²) < 4.78 is 11.1. The van der Waals surface area contributed by atoms with Crippen LogP contribution in [-0.4, -0.2) is 13.9 Å². The van der Waals surface area contributed by atoms with Gasteiger partial charge in [-0.2, -0.15) is 0 Å². The van der Waals surface area contributed by atoms with Gasteiger partial charge >= 0.3 is 0 Å². The van der Waals surface area contributed by atoms with Crippen LogP contribution in [-0.2, 0) is 4.74 Å². The molecule has 2 unspecified atom stereocenters. The summed E-state index contributed by atoms with van der Waals surface area (Å²) in [4.78, 5) is 0. The Morgan fingerprint density at radius 2 is 1.56 bits per heavy atom. The van der Waals surface area contributed by atoms with E-state index in [4.69, 9.17) is 9.47 Å². The van der Waals surface area contributed by atoms with Crippen molar-refractivity contribution < 1.29 is 9.47 Å². The summed E-state index contributed by atoms with van der Waals surface area (Å²) in [6.45, 7) is 2.51. The summed E-state index contributed by atoms with van der Waals surface area (Å²) in [5.41, 5.74) is 4.50. The van der Waals surface area contributed by atoms with Gasteiger partial charge in [0.25, 0.3) is 0 Å². The van der Waals surface area contributed by atoms with Gasteiger partial charge in [0, 0.05) is 18.1 Å². The predicted octanol–water partition coefficient (Wildman–Crippen LogP) is 5.26. The van der Waals surface area contributed by atoms with Crippen molar-refractivity contribution in [1.82, 2.24) is 0 Å². The molecule has 3 aromatic carbocycles. The fourth-order valence-corrected chi connectivity index (χ4v) is 6.69. The number of rotatable bonds is 6. The van der Waals surface area contributed by atoms with Gasteiger partial charge in [-0.3, -0.25) is 0 Å². The van der Waals surface area contributed by atoms with Crippen molar-refractivity contribution in [3.05, 3.63) is 95.6 Å². The van der Waals surface area contributed by atoms with Gasteiger partial charge in [-0.25, -0.2) is 0 Å². The Labute approximate surface area is 162 Å². The maximum Gasteiger partial charge on any atom is 0.188 e. The molecule has 0 heterocycles. The van der Waals surface area contributed by atoms with Gasteiger partial charge in [0.05, 0.1) is 0 Å². The maximum atomic E-state index is 5.95. The molecule has 0 amide bonds. The van der Waals surface area contributed by atoms with Crippen LogP contribution in [0.15, 0.2) is 84.4 Å². The minimum atomic E-state index is -0.664. The minimum absolute atomic E-state index is 0.255. The smallest absolute Gasteiger partial charge is 0.188 e. The lowest BCUT2D eigenvalue weighted by Crippen LogP contribution is -2.19. The van der Waals surface area contributed by atoms with Gasteiger partial charge in [-0.15, -0.1) is 0 Å². The Morgan fingerprint density at radius 3 is 2.37 bits per heavy atom. The molecule has 0 aromatic heterocycles. The van der Waals surface area contributed by atoms with Crippen LogP contribution in [0, 0.1) is 0 Å². The molecule has 0 saturated heterocycles. The molecule has 27 heavy (non-hydrogen) atoms. The fourth-order valence-electron chi connectivity index (χ4n) is 3.72. The van der Waals surface area contributed by atoms with Crippen molar-refractivity contribution in [2.24, 2.45) is 0 Å². The average molecular weight is 374 g/mol. The van der Waals surface area contributed by atoms with Gasteiger partial charge in [0.1, 0.15) is 5.75 Å². The van der Waals surface area contributed by atoms with Crippen LogP contribution in [0.25, 0.3) is 6.08 Å². The summed E-state index contributed by atoms with van der Waals surface area (Å²) in [6.07, 6.45) is 2.33. The molecule has 1 aliphatic rings. The summed E-state index contributed by atoms with van der Waals surface area (Å²) in [5.74, 6) is 0.909. The van der Waals surface area contributed by atoms with Gasteiger partial charge < -0.3 is 9.47 Å². The third-order valence-electron chi connectivity index (χ3n) is 4.85. The zero-order chi connectivity index (χ0) is 18.6. The number of benzene rings is 3. The first kappa shape index (κ1) is 18.0. The molecule has 0 saturated carbocycles. The Balaban J connectivity index is 1.87. The van der Waals surface area contributed by atoms with E-state index in [1.807, 2.05) is 12.1 Å². The van der Waals surface area contributed by atoms with E-state index in [1.165, 1.54) is 27.3 Å². The molecule has 3 heteroatoms. The molecule has 0 aliphatic heterocycles. The monoisotopic (exact) mass is 374 g/mol. The standard InChI is InChI=1S/C24H23O2P/c1-18-16-19-10-6-7-13-21(19)24(18)27(20-11-4-3-5-12-20)23-15-9-8-14-22(23)26-17-25-2/h3-16,24H,17H2,1-2H3. The fraction of sp³-hybridized carbons (Fsp3) is 0.167. The van der Waals surface area contributed by atoms with Crippen molar-refractivity contribution in [2.75, 3.05) is 13.9 Å². The van der Waals surface area contributed by atoms with Crippen LogP contribution in [0.1, 0.15) is 23.7 Å². The van der Waals surface area contributed by atoms with E-state index < -0.39 is 7.92 Å². The number of para-hydroxylation sites is 1. The van der Waals surface area contributed by atoms with E-state index in [-0.39, 0.29) is 6.79 Å². The number of fused-ring (bicyclic) bond motifs is 1. The molecule has 2 nitrogen and oxygen atoms in total. The molecule has 2 atom stereocenters. The SMILES string of the molecule is COCOc1ccccc1P(c1ccccc1)C1C(C)=Cc2ccccc21. The lowest BCUT2D eigenvalue weighted by molar-refractivity contribution is 0.0519. The molecule has 3 aromatic rings. The summed E-state index contributed by atoms with van der Waals surface area (Å²) in [7, 11) is 0.991. The molecule has 0 bridgehead atoms. The molecule has 0 fully saturated rings. The maximum absolute atomic E-state index is 5.95. The normalized spacial score (nSPS) is 16.5. The molecule has 0 spiro atoms. The second-order valence-electron chi connectivity index (χ2n) is 6.64. The van der Waals surface area contributed by atoms with E-state index in [0.29, 0.717) is 5.66 Å².